The Labute approximate surface area is 114 Å². The monoisotopic (exact) mass is 316 g/mol. The number of ketones is 1. The van der Waals surface area contributed by atoms with Crippen LogP contribution in [0.5, 0.6) is 5.75 Å². The number of benzene rings is 1. The maximum Gasteiger partial charge on any atom is 0.153 e. The average molecular weight is 318 g/mol. The molecule has 1 aliphatic carbocycles. The lowest BCUT2D eigenvalue weighted by atomic mass is 9.83. The van der Waals surface area contributed by atoms with E-state index in [1.165, 1.54) is 0 Å². The van der Waals surface area contributed by atoms with Crippen molar-refractivity contribution < 1.29 is 9.53 Å². The van der Waals surface area contributed by atoms with Crippen LogP contribution in [0.4, 0.5) is 0 Å². The molecule has 0 radical (unpaired) electrons. The van der Waals surface area contributed by atoms with Gasteiger partial charge < -0.3 is 4.74 Å². The third kappa shape index (κ3) is 2.66. The van der Waals surface area contributed by atoms with E-state index in [-0.39, 0.29) is 16.5 Å². The number of hydrogen-bond donors (Lipinski definition) is 0. The second-order valence-electron chi connectivity index (χ2n) is 4.25. The van der Waals surface area contributed by atoms with E-state index >= 15 is 0 Å². The van der Waals surface area contributed by atoms with E-state index in [4.69, 9.17) is 16.3 Å². The van der Waals surface area contributed by atoms with E-state index in [9.17, 15) is 4.79 Å². The Hall–Kier alpha value is -0.540. The van der Waals surface area contributed by atoms with Crippen molar-refractivity contribution in [3.8, 4) is 5.75 Å². The summed E-state index contributed by atoms with van der Waals surface area (Å²) in [6.45, 7) is 0. The Morgan fingerprint density at radius 1 is 1.41 bits per heavy atom. The van der Waals surface area contributed by atoms with Crippen LogP contribution in [0.3, 0.4) is 0 Å². The Morgan fingerprint density at radius 3 is 2.88 bits per heavy atom. The highest BCUT2D eigenvalue weighted by molar-refractivity contribution is 9.10. The number of ether oxygens (including phenoxy) is 1. The molecule has 17 heavy (non-hydrogen) atoms. The first-order valence-corrected chi connectivity index (χ1v) is 6.94. The van der Waals surface area contributed by atoms with Gasteiger partial charge in [-0.25, -0.2) is 0 Å². The van der Waals surface area contributed by atoms with Crippen molar-refractivity contribution >= 4 is 33.3 Å². The van der Waals surface area contributed by atoms with E-state index < -0.39 is 0 Å². The Bertz CT molecular complexity index is 433. The number of methoxy groups -OCH3 is 1. The maximum absolute atomic E-state index is 12.1. The molecule has 0 aliphatic heterocycles. The fourth-order valence-electron chi connectivity index (χ4n) is 2.23. The zero-order valence-electron chi connectivity index (χ0n) is 9.58. The van der Waals surface area contributed by atoms with Crippen molar-refractivity contribution in [2.24, 2.45) is 0 Å². The van der Waals surface area contributed by atoms with Gasteiger partial charge in [0.15, 0.2) is 5.78 Å². The van der Waals surface area contributed by atoms with E-state index in [1.54, 1.807) is 13.2 Å². The van der Waals surface area contributed by atoms with Gasteiger partial charge in [0.25, 0.3) is 0 Å². The molecule has 2 nitrogen and oxygen atoms in total. The molecule has 2 rings (SSSR count). The van der Waals surface area contributed by atoms with Gasteiger partial charge in [-0.3, -0.25) is 4.79 Å². The SMILES string of the molecule is COc1cc(C2CCCC(Br)C2=O)ccc1Cl. The summed E-state index contributed by atoms with van der Waals surface area (Å²) in [5, 5.41) is 0.579. The molecule has 0 heterocycles. The number of rotatable bonds is 2. The molecule has 0 saturated heterocycles. The summed E-state index contributed by atoms with van der Waals surface area (Å²) in [5.74, 6) is 0.869. The van der Waals surface area contributed by atoms with E-state index in [0.717, 1.165) is 24.8 Å². The van der Waals surface area contributed by atoms with Gasteiger partial charge in [0.05, 0.1) is 17.0 Å². The molecule has 2 unspecified atom stereocenters. The van der Waals surface area contributed by atoms with Crippen molar-refractivity contribution in [1.29, 1.82) is 0 Å². The molecule has 1 aromatic rings. The fourth-order valence-corrected chi connectivity index (χ4v) is 3.07. The summed E-state index contributed by atoms with van der Waals surface area (Å²) in [4.78, 5) is 12.1. The standard InChI is InChI=1S/C13H14BrClO2/c1-17-12-7-8(5-6-11(12)15)9-3-2-4-10(14)13(9)16/h5-7,9-10H,2-4H2,1H3. The Kier molecular flexibility index (Phi) is 4.10. The predicted molar refractivity (Wildman–Crippen MR) is 72.3 cm³/mol. The average Bonchev–Trinajstić information content (AvgIpc) is 2.34. The second-order valence-corrected chi connectivity index (χ2v) is 5.76. The van der Waals surface area contributed by atoms with Crippen LogP contribution in [0.2, 0.25) is 5.02 Å². The molecule has 1 fully saturated rings. The summed E-state index contributed by atoms with van der Waals surface area (Å²) in [6, 6.07) is 5.58. The van der Waals surface area contributed by atoms with Gasteiger partial charge in [-0.05, 0) is 30.5 Å². The Morgan fingerprint density at radius 2 is 2.18 bits per heavy atom. The number of hydrogen-bond acceptors (Lipinski definition) is 2. The molecule has 1 aliphatic rings. The van der Waals surface area contributed by atoms with Crippen molar-refractivity contribution in [3.05, 3.63) is 28.8 Å². The van der Waals surface area contributed by atoms with Crippen LogP contribution < -0.4 is 4.74 Å². The van der Waals surface area contributed by atoms with Crippen LogP contribution in [0, 0.1) is 0 Å². The molecule has 1 saturated carbocycles. The molecule has 92 valence electrons. The molecule has 0 spiro atoms. The molecule has 0 amide bonds. The molecular weight excluding hydrogens is 303 g/mol. The first-order chi connectivity index (χ1) is 8.13. The molecule has 1 aromatic carbocycles. The van der Waals surface area contributed by atoms with Crippen LogP contribution in [-0.4, -0.2) is 17.7 Å². The minimum Gasteiger partial charge on any atom is -0.495 e. The fraction of sp³-hybridized carbons (Fsp3) is 0.462. The van der Waals surface area contributed by atoms with Crippen molar-refractivity contribution in [1.82, 2.24) is 0 Å². The predicted octanol–water partition coefficient (Wildman–Crippen LogP) is 3.95. The van der Waals surface area contributed by atoms with Gasteiger partial charge >= 0.3 is 0 Å². The van der Waals surface area contributed by atoms with Crippen molar-refractivity contribution in [2.75, 3.05) is 7.11 Å². The quantitative estimate of drug-likeness (QED) is 0.772. The van der Waals surface area contributed by atoms with Gasteiger partial charge in [-0.1, -0.05) is 40.0 Å². The minimum absolute atomic E-state index is 0.0112. The third-order valence-electron chi connectivity index (χ3n) is 3.18. The minimum atomic E-state index is -0.0284. The topological polar surface area (TPSA) is 26.3 Å². The Balaban J connectivity index is 2.30. The number of carbonyl (C=O) groups excluding carboxylic acids is 1. The maximum atomic E-state index is 12.1. The zero-order chi connectivity index (χ0) is 12.4. The van der Waals surface area contributed by atoms with Crippen molar-refractivity contribution in [2.45, 2.75) is 30.0 Å². The summed E-state index contributed by atoms with van der Waals surface area (Å²) in [7, 11) is 1.58. The summed E-state index contributed by atoms with van der Waals surface area (Å²) in [6.07, 6.45) is 2.91. The van der Waals surface area contributed by atoms with Crippen LogP contribution in [0.1, 0.15) is 30.7 Å². The lowest BCUT2D eigenvalue weighted by Gasteiger charge is -2.25. The highest BCUT2D eigenvalue weighted by Gasteiger charge is 2.30. The van der Waals surface area contributed by atoms with Crippen LogP contribution >= 0.6 is 27.5 Å². The number of Topliss-reactive ketones (excluding diaryl/α,β-unsaturated/α-hetero) is 1. The smallest absolute Gasteiger partial charge is 0.153 e. The van der Waals surface area contributed by atoms with Gasteiger partial charge in [0.1, 0.15) is 5.75 Å². The number of carbonyl (C=O) groups is 1. The molecule has 2 atom stereocenters. The zero-order valence-corrected chi connectivity index (χ0v) is 11.9. The van der Waals surface area contributed by atoms with Gasteiger partial charge in [-0.2, -0.15) is 0 Å². The summed E-state index contributed by atoms with van der Waals surface area (Å²) in [5.41, 5.74) is 1.00. The molecule has 4 heteroatoms. The molecular formula is C13H14BrClO2. The van der Waals surface area contributed by atoms with Crippen LogP contribution in [0.15, 0.2) is 18.2 Å². The molecule has 0 aromatic heterocycles. The highest BCUT2D eigenvalue weighted by Crippen LogP contribution is 2.36. The number of alkyl halides is 1. The van der Waals surface area contributed by atoms with E-state index in [1.807, 2.05) is 12.1 Å². The van der Waals surface area contributed by atoms with Crippen molar-refractivity contribution in [3.63, 3.8) is 0 Å². The van der Waals surface area contributed by atoms with Gasteiger partial charge in [0, 0.05) is 5.92 Å². The first-order valence-electron chi connectivity index (χ1n) is 5.64. The lowest BCUT2D eigenvalue weighted by Crippen LogP contribution is -2.27. The lowest BCUT2D eigenvalue weighted by molar-refractivity contribution is -0.121. The summed E-state index contributed by atoms with van der Waals surface area (Å²) < 4.78 is 5.18. The van der Waals surface area contributed by atoms with Crippen LogP contribution in [0.25, 0.3) is 0 Å². The van der Waals surface area contributed by atoms with E-state index in [0.29, 0.717) is 10.8 Å². The summed E-state index contributed by atoms with van der Waals surface area (Å²) >= 11 is 9.42. The third-order valence-corrected chi connectivity index (χ3v) is 4.40. The highest BCUT2D eigenvalue weighted by atomic mass is 79.9. The molecule has 0 bridgehead atoms. The molecule has 0 N–H and O–H groups in total. The van der Waals surface area contributed by atoms with E-state index in [2.05, 4.69) is 15.9 Å². The first kappa shape index (κ1) is 12.9. The van der Waals surface area contributed by atoms with Gasteiger partial charge in [-0.15, -0.1) is 0 Å². The normalized spacial score (nSPS) is 24.8. The second kappa shape index (κ2) is 5.40. The van der Waals surface area contributed by atoms with Crippen LogP contribution in [-0.2, 0) is 4.79 Å². The van der Waals surface area contributed by atoms with Gasteiger partial charge in [0.2, 0.25) is 0 Å². The number of halogens is 2. The largest absolute Gasteiger partial charge is 0.495 e.